The van der Waals surface area contributed by atoms with Gasteiger partial charge in [-0.2, -0.15) is 0 Å². The van der Waals surface area contributed by atoms with Gasteiger partial charge in [0.05, 0.1) is 5.56 Å². The monoisotopic (exact) mass is 360 g/mol. The lowest BCUT2D eigenvalue weighted by atomic mass is 10.1. The van der Waals surface area contributed by atoms with Crippen molar-refractivity contribution in [2.75, 3.05) is 32.1 Å². The fourth-order valence-electron chi connectivity index (χ4n) is 2.20. The molecule has 0 saturated carbocycles. The lowest BCUT2D eigenvalue weighted by molar-refractivity contribution is -0.124. The third-order valence-electron chi connectivity index (χ3n) is 3.58. The molecule has 0 aliphatic rings. The summed E-state index contributed by atoms with van der Waals surface area (Å²) >= 11 is 5.91. The van der Waals surface area contributed by atoms with E-state index < -0.39 is 5.97 Å². The highest BCUT2D eigenvalue weighted by Gasteiger charge is 2.10. The van der Waals surface area contributed by atoms with Gasteiger partial charge in [0.2, 0.25) is 0 Å². The van der Waals surface area contributed by atoms with E-state index in [-0.39, 0.29) is 12.5 Å². The Morgan fingerprint density at radius 2 is 1.84 bits per heavy atom. The zero-order chi connectivity index (χ0) is 18.2. The Hall–Kier alpha value is -2.53. The van der Waals surface area contributed by atoms with Gasteiger partial charge in [0.1, 0.15) is 0 Å². The van der Waals surface area contributed by atoms with Gasteiger partial charge in [-0.1, -0.05) is 23.7 Å². The van der Waals surface area contributed by atoms with Gasteiger partial charge >= 0.3 is 5.97 Å². The highest BCUT2D eigenvalue weighted by Crippen LogP contribution is 2.13. The van der Waals surface area contributed by atoms with E-state index in [4.69, 9.17) is 16.3 Å². The first-order chi connectivity index (χ1) is 12.0. The van der Waals surface area contributed by atoms with Crippen LogP contribution in [0, 0.1) is 0 Å². The van der Waals surface area contributed by atoms with E-state index in [0.29, 0.717) is 23.6 Å². The van der Waals surface area contributed by atoms with Crippen molar-refractivity contribution in [1.29, 1.82) is 0 Å². The molecule has 0 saturated heterocycles. The van der Waals surface area contributed by atoms with Crippen LogP contribution < -0.4 is 10.2 Å². The van der Waals surface area contributed by atoms with Gasteiger partial charge in [0.25, 0.3) is 5.91 Å². The van der Waals surface area contributed by atoms with Crippen LogP contribution in [-0.4, -0.2) is 39.1 Å². The number of nitrogens with zero attached hydrogens (tertiary/aromatic N) is 1. The summed E-state index contributed by atoms with van der Waals surface area (Å²) in [6, 6.07) is 14.4. The fourth-order valence-corrected chi connectivity index (χ4v) is 2.41. The van der Waals surface area contributed by atoms with Crippen LogP contribution >= 0.6 is 11.6 Å². The van der Waals surface area contributed by atoms with Crippen molar-refractivity contribution >= 4 is 29.2 Å². The summed E-state index contributed by atoms with van der Waals surface area (Å²) in [5.41, 5.74) is 2.43. The predicted octanol–water partition coefficient (Wildman–Crippen LogP) is 2.92. The van der Waals surface area contributed by atoms with E-state index in [0.717, 1.165) is 11.3 Å². The molecule has 1 amide bonds. The Bertz CT molecular complexity index is 730. The van der Waals surface area contributed by atoms with Crippen LogP contribution in [0.15, 0.2) is 48.5 Å². The number of esters is 1. The van der Waals surface area contributed by atoms with E-state index in [1.807, 2.05) is 49.3 Å². The lowest BCUT2D eigenvalue weighted by Gasteiger charge is -2.12. The minimum Gasteiger partial charge on any atom is -0.452 e. The molecule has 0 unspecified atom stereocenters. The number of rotatable bonds is 7. The zero-order valence-corrected chi connectivity index (χ0v) is 15.0. The topological polar surface area (TPSA) is 58.6 Å². The van der Waals surface area contributed by atoms with Gasteiger partial charge < -0.3 is 15.0 Å². The maximum Gasteiger partial charge on any atom is 0.338 e. The van der Waals surface area contributed by atoms with E-state index in [1.54, 1.807) is 18.2 Å². The number of benzene rings is 2. The third-order valence-corrected chi connectivity index (χ3v) is 3.81. The summed E-state index contributed by atoms with van der Waals surface area (Å²) in [4.78, 5) is 25.6. The quantitative estimate of drug-likeness (QED) is 0.771. The van der Waals surface area contributed by atoms with Crippen molar-refractivity contribution < 1.29 is 14.3 Å². The molecule has 6 heteroatoms. The van der Waals surface area contributed by atoms with Gasteiger partial charge in [-0.25, -0.2) is 4.79 Å². The molecule has 0 atom stereocenters. The number of nitrogens with one attached hydrogen (secondary N) is 1. The maximum atomic E-state index is 11.9. The zero-order valence-electron chi connectivity index (χ0n) is 14.3. The molecule has 1 N–H and O–H groups in total. The average molecular weight is 361 g/mol. The molecule has 5 nitrogen and oxygen atoms in total. The summed E-state index contributed by atoms with van der Waals surface area (Å²) in [7, 11) is 3.84. The van der Waals surface area contributed by atoms with Crippen LogP contribution in [0.3, 0.4) is 0 Å². The molecule has 2 aromatic carbocycles. The largest absolute Gasteiger partial charge is 0.452 e. The molecular weight excluding hydrogens is 340 g/mol. The van der Waals surface area contributed by atoms with Gasteiger partial charge in [-0.05, 0) is 48.4 Å². The normalized spacial score (nSPS) is 10.2. The first kappa shape index (κ1) is 18.8. The average Bonchev–Trinajstić information content (AvgIpc) is 2.60. The van der Waals surface area contributed by atoms with Crippen LogP contribution in [-0.2, 0) is 16.0 Å². The number of carbonyl (C=O) groups is 2. The number of hydrogen-bond acceptors (Lipinski definition) is 4. The van der Waals surface area contributed by atoms with E-state index in [1.165, 1.54) is 0 Å². The molecule has 0 spiro atoms. The summed E-state index contributed by atoms with van der Waals surface area (Å²) in [5.74, 6) is -0.851. The van der Waals surface area contributed by atoms with E-state index in [2.05, 4.69) is 5.32 Å². The standard InChI is InChI=1S/C19H21ClN2O3/c1-22(2)17-8-6-15(7-9-17)19(24)25-13-18(23)21-11-10-14-4-3-5-16(20)12-14/h3-9,12H,10-11,13H2,1-2H3,(H,21,23). The minimum absolute atomic E-state index is 0.302. The number of halogens is 1. The molecule has 2 rings (SSSR count). The summed E-state index contributed by atoms with van der Waals surface area (Å²) < 4.78 is 5.03. The van der Waals surface area contributed by atoms with Crippen LogP contribution in [0.1, 0.15) is 15.9 Å². The third kappa shape index (κ3) is 6.12. The van der Waals surface area contributed by atoms with Crippen LogP contribution in [0.5, 0.6) is 0 Å². The second-order valence-corrected chi connectivity index (χ2v) is 6.18. The molecule has 0 aliphatic carbocycles. The van der Waals surface area contributed by atoms with Crippen molar-refractivity contribution in [3.05, 3.63) is 64.7 Å². The number of hydrogen-bond donors (Lipinski definition) is 1. The Morgan fingerprint density at radius 1 is 1.12 bits per heavy atom. The molecule has 0 fully saturated rings. The highest BCUT2D eigenvalue weighted by molar-refractivity contribution is 6.30. The molecule has 132 valence electrons. The van der Waals surface area contributed by atoms with E-state index in [9.17, 15) is 9.59 Å². The first-order valence-corrected chi connectivity index (χ1v) is 8.29. The molecular formula is C19H21ClN2O3. The number of anilines is 1. The Labute approximate surface area is 152 Å². The summed E-state index contributed by atoms with van der Waals surface area (Å²) in [6.45, 7) is 0.151. The molecule has 2 aromatic rings. The molecule has 0 heterocycles. The SMILES string of the molecule is CN(C)c1ccc(C(=O)OCC(=O)NCCc2cccc(Cl)c2)cc1. The fraction of sp³-hybridized carbons (Fsp3) is 0.263. The lowest BCUT2D eigenvalue weighted by Crippen LogP contribution is -2.30. The van der Waals surface area contributed by atoms with Crippen molar-refractivity contribution in [3.8, 4) is 0 Å². The Morgan fingerprint density at radius 3 is 2.48 bits per heavy atom. The van der Waals surface area contributed by atoms with Crippen molar-refractivity contribution in [3.63, 3.8) is 0 Å². The predicted molar refractivity (Wildman–Crippen MR) is 99.2 cm³/mol. The van der Waals surface area contributed by atoms with Crippen LogP contribution in [0.25, 0.3) is 0 Å². The highest BCUT2D eigenvalue weighted by atomic mass is 35.5. The van der Waals surface area contributed by atoms with Crippen molar-refractivity contribution in [2.24, 2.45) is 0 Å². The summed E-state index contributed by atoms with van der Waals surface area (Å²) in [6.07, 6.45) is 0.659. The first-order valence-electron chi connectivity index (χ1n) is 7.91. The molecule has 25 heavy (non-hydrogen) atoms. The molecule has 0 aromatic heterocycles. The second-order valence-electron chi connectivity index (χ2n) is 5.75. The van der Waals surface area contributed by atoms with E-state index >= 15 is 0 Å². The molecule has 0 bridgehead atoms. The van der Waals surface area contributed by atoms with Crippen LogP contribution in [0.2, 0.25) is 5.02 Å². The van der Waals surface area contributed by atoms with Crippen LogP contribution in [0.4, 0.5) is 5.69 Å². The maximum absolute atomic E-state index is 11.9. The Balaban J connectivity index is 1.72. The minimum atomic E-state index is -0.518. The molecule has 0 aliphatic heterocycles. The Kier molecular flexibility index (Phi) is 6.83. The van der Waals surface area contributed by atoms with Crippen molar-refractivity contribution in [2.45, 2.75) is 6.42 Å². The summed E-state index contributed by atoms with van der Waals surface area (Å²) in [5, 5.41) is 3.38. The smallest absolute Gasteiger partial charge is 0.338 e. The number of amides is 1. The van der Waals surface area contributed by atoms with Gasteiger partial charge in [0.15, 0.2) is 6.61 Å². The van der Waals surface area contributed by atoms with Crippen molar-refractivity contribution in [1.82, 2.24) is 5.32 Å². The number of ether oxygens (including phenoxy) is 1. The van der Waals surface area contributed by atoms with Gasteiger partial charge in [0, 0.05) is 31.4 Å². The van der Waals surface area contributed by atoms with Gasteiger partial charge in [-0.15, -0.1) is 0 Å². The molecule has 0 radical (unpaired) electrons. The number of carbonyl (C=O) groups excluding carboxylic acids is 2. The van der Waals surface area contributed by atoms with Gasteiger partial charge in [-0.3, -0.25) is 4.79 Å². The second kappa shape index (κ2) is 9.08.